The van der Waals surface area contributed by atoms with Gasteiger partial charge in [0.25, 0.3) is 0 Å². The topological polar surface area (TPSA) is 12.0 Å². The Hall–Kier alpha value is -2.54. The molecule has 0 heterocycles. The lowest BCUT2D eigenvalue weighted by molar-refractivity contribution is 0.900. The molecule has 1 nitrogen and oxygen atoms in total. The molecular weight excluding hydrogens is 278 g/mol. The number of hydrogen-bond donors (Lipinski definition) is 1. The molecule has 3 aromatic rings. The summed E-state index contributed by atoms with van der Waals surface area (Å²) in [5, 5.41) is 3.62. The van der Waals surface area contributed by atoms with E-state index >= 15 is 0 Å². The lowest BCUT2D eigenvalue weighted by Gasteiger charge is -2.17. The highest BCUT2D eigenvalue weighted by Gasteiger charge is 2.24. The van der Waals surface area contributed by atoms with E-state index in [-0.39, 0.29) is 0 Å². The van der Waals surface area contributed by atoms with Gasteiger partial charge < -0.3 is 5.32 Å². The van der Waals surface area contributed by atoms with Crippen LogP contribution in [-0.2, 0) is 6.42 Å². The van der Waals surface area contributed by atoms with Gasteiger partial charge in [-0.2, -0.15) is 0 Å². The molecule has 0 saturated heterocycles. The van der Waals surface area contributed by atoms with E-state index in [1.54, 1.807) is 0 Å². The van der Waals surface area contributed by atoms with Crippen LogP contribution in [0.1, 0.15) is 25.0 Å². The number of nitrogens with one attached hydrogen (secondary N) is 1. The van der Waals surface area contributed by atoms with Crippen LogP contribution in [-0.4, -0.2) is 6.04 Å². The van der Waals surface area contributed by atoms with E-state index in [0.717, 1.165) is 6.42 Å². The Morgan fingerprint density at radius 2 is 1.52 bits per heavy atom. The highest BCUT2D eigenvalue weighted by Crippen LogP contribution is 2.45. The molecule has 0 bridgehead atoms. The Morgan fingerprint density at radius 3 is 2.30 bits per heavy atom. The second kappa shape index (κ2) is 5.58. The Morgan fingerprint density at radius 1 is 0.783 bits per heavy atom. The van der Waals surface area contributed by atoms with Crippen molar-refractivity contribution in [1.29, 1.82) is 0 Å². The molecule has 1 aliphatic carbocycles. The van der Waals surface area contributed by atoms with Gasteiger partial charge in [0.2, 0.25) is 0 Å². The van der Waals surface area contributed by atoms with Crippen LogP contribution in [0.25, 0.3) is 22.3 Å². The van der Waals surface area contributed by atoms with Gasteiger partial charge >= 0.3 is 0 Å². The van der Waals surface area contributed by atoms with E-state index in [4.69, 9.17) is 0 Å². The lowest BCUT2D eigenvalue weighted by atomic mass is 9.94. The van der Waals surface area contributed by atoms with Crippen molar-refractivity contribution in [2.45, 2.75) is 26.3 Å². The van der Waals surface area contributed by atoms with Gasteiger partial charge in [-0.15, -0.1) is 0 Å². The van der Waals surface area contributed by atoms with Crippen molar-refractivity contribution in [3.8, 4) is 22.3 Å². The number of benzene rings is 3. The number of rotatable bonds is 3. The van der Waals surface area contributed by atoms with Gasteiger partial charge in [-0.1, -0.05) is 60.7 Å². The fourth-order valence-corrected chi connectivity index (χ4v) is 3.57. The molecule has 0 aromatic heterocycles. The van der Waals surface area contributed by atoms with Gasteiger partial charge in [0.05, 0.1) is 0 Å². The molecule has 0 atom stereocenters. The van der Waals surface area contributed by atoms with Gasteiger partial charge in [0, 0.05) is 17.3 Å². The Balaban J connectivity index is 1.95. The van der Waals surface area contributed by atoms with Crippen LogP contribution in [0.5, 0.6) is 0 Å². The van der Waals surface area contributed by atoms with Crippen molar-refractivity contribution in [2.24, 2.45) is 0 Å². The number of anilines is 1. The molecule has 0 amide bonds. The van der Waals surface area contributed by atoms with E-state index < -0.39 is 0 Å². The van der Waals surface area contributed by atoms with Crippen LogP contribution in [0.15, 0.2) is 66.7 Å². The van der Waals surface area contributed by atoms with E-state index in [0.29, 0.717) is 6.04 Å². The summed E-state index contributed by atoms with van der Waals surface area (Å²) in [7, 11) is 0. The van der Waals surface area contributed by atoms with E-state index in [1.807, 2.05) is 0 Å². The quantitative estimate of drug-likeness (QED) is 0.508. The number of hydrogen-bond acceptors (Lipinski definition) is 1. The molecule has 0 fully saturated rings. The molecule has 23 heavy (non-hydrogen) atoms. The minimum absolute atomic E-state index is 0.425. The second-order valence-corrected chi connectivity index (χ2v) is 6.51. The number of fused-ring (bicyclic) bond motifs is 3. The van der Waals surface area contributed by atoms with Crippen LogP contribution in [0.3, 0.4) is 0 Å². The minimum atomic E-state index is 0.425. The summed E-state index contributed by atoms with van der Waals surface area (Å²) in [6.07, 6.45) is 1.02. The molecule has 0 saturated carbocycles. The minimum Gasteiger partial charge on any atom is -0.382 e. The van der Waals surface area contributed by atoms with Crippen LogP contribution < -0.4 is 5.32 Å². The smallest absolute Gasteiger partial charge is 0.0425 e. The van der Waals surface area contributed by atoms with Gasteiger partial charge in [0.15, 0.2) is 0 Å². The largest absolute Gasteiger partial charge is 0.382 e. The van der Waals surface area contributed by atoms with Gasteiger partial charge in [-0.05, 0) is 54.2 Å². The van der Waals surface area contributed by atoms with Crippen molar-refractivity contribution < 1.29 is 0 Å². The third kappa shape index (κ3) is 2.43. The maximum Gasteiger partial charge on any atom is 0.0425 e. The summed E-state index contributed by atoms with van der Waals surface area (Å²) in [6.45, 7) is 4.39. The molecule has 1 aliphatic rings. The molecule has 3 aromatic carbocycles. The third-order valence-electron chi connectivity index (χ3n) is 4.50. The summed E-state index contributed by atoms with van der Waals surface area (Å²) in [4.78, 5) is 0. The van der Waals surface area contributed by atoms with Crippen LogP contribution >= 0.6 is 0 Å². The average molecular weight is 299 g/mol. The van der Waals surface area contributed by atoms with Crippen LogP contribution in [0.2, 0.25) is 0 Å². The van der Waals surface area contributed by atoms with E-state index in [1.165, 1.54) is 39.1 Å². The predicted molar refractivity (Wildman–Crippen MR) is 98.9 cm³/mol. The highest BCUT2D eigenvalue weighted by molar-refractivity contribution is 5.92. The average Bonchev–Trinajstić information content (AvgIpc) is 2.95. The van der Waals surface area contributed by atoms with E-state index in [2.05, 4.69) is 85.9 Å². The first-order valence-corrected chi connectivity index (χ1v) is 8.30. The summed E-state index contributed by atoms with van der Waals surface area (Å²) in [5.74, 6) is 0. The normalized spacial score (nSPS) is 12.1. The zero-order valence-corrected chi connectivity index (χ0v) is 13.6. The SMILES string of the molecule is CC(C)Nc1ccc(-c2ccccc2)c2c1-c1ccccc1C2. The molecule has 1 heteroatoms. The Labute approximate surface area is 138 Å². The monoisotopic (exact) mass is 299 g/mol. The van der Waals surface area contributed by atoms with Gasteiger partial charge in [-0.25, -0.2) is 0 Å². The zero-order chi connectivity index (χ0) is 15.8. The molecular formula is C22H21N. The lowest BCUT2D eigenvalue weighted by Crippen LogP contribution is -2.10. The summed E-state index contributed by atoms with van der Waals surface area (Å²) < 4.78 is 0. The molecule has 0 radical (unpaired) electrons. The first-order valence-electron chi connectivity index (χ1n) is 8.30. The standard InChI is InChI=1S/C22H21N/c1-15(2)23-21-13-12-18(16-8-4-3-5-9-16)20-14-17-10-6-7-11-19(17)22(20)21/h3-13,15,23H,14H2,1-2H3. The predicted octanol–water partition coefficient (Wildman–Crippen LogP) is 5.75. The van der Waals surface area contributed by atoms with Crippen molar-refractivity contribution in [3.63, 3.8) is 0 Å². The Kier molecular flexibility index (Phi) is 3.42. The molecule has 0 aliphatic heterocycles. The van der Waals surface area contributed by atoms with Crippen molar-refractivity contribution in [1.82, 2.24) is 0 Å². The molecule has 0 spiro atoms. The summed E-state index contributed by atoms with van der Waals surface area (Å²) in [6, 6.07) is 24.4. The van der Waals surface area contributed by atoms with Gasteiger partial charge in [0.1, 0.15) is 0 Å². The van der Waals surface area contributed by atoms with Crippen molar-refractivity contribution in [3.05, 3.63) is 77.9 Å². The molecule has 114 valence electrons. The molecule has 4 rings (SSSR count). The van der Waals surface area contributed by atoms with E-state index in [9.17, 15) is 0 Å². The highest BCUT2D eigenvalue weighted by atomic mass is 14.9. The van der Waals surface area contributed by atoms with Crippen molar-refractivity contribution in [2.75, 3.05) is 5.32 Å². The first kappa shape index (κ1) is 14.1. The summed E-state index contributed by atoms with van der Waals surface area (Å²) >= 11 is 0. The molecule has 0 unspecified atom stereocenters. The summed E-state index contributed by atoms with van der Waals surface area (Å²) in [5.41, 5.74) is 9.54. The fourth-order valence-electron chi connectivity index (χ4n) is 3.57. The third-order valence-corrected chi connectivity index (χ3v) is 4.50. The fraction of sp³-hybridized carbons (Fsp3) is 0.182. The second-order valence-electron chi connectivity index (χ2n) is 6.51. The maximum absolute atomic E-state index is 3.62. The van der Waals surface area contributed by atoms with Gasteiger partial charge in [-0.3, -0.25) is 0 Å². The Bertz CT molecular complexity index is 847. The zero-order valence-electron chi connectivity index (χ0n) is 13.6. The first-order chi connectivity index (χ1) is 11.2. The van der Waals surface area contributed by atoms with Crippen LogP contribution in [0.4, 0.5) is 5.69 Å². The molecule has 1 N–H and O–H groups in total. The van der Waals surface area contributed by atoms with Crippen LogP contribution in [0, 0.1) is 0 Å². The van der Waals surface area contributed by atoms with Crippen molar-refractivity contribution >= 4 is 5.69 Å². The maximum atomic E-state index is 3.62.